The van der Waals surface area contributed by atoms with E-state index in [1.54, 1.807) is 0 Å². The number of aromatic nitrogens is 2. The molecule has 0 spiro atoms. The molecular formula is C21H17ClF6N4O3. The Labute approximate surface area is 199 Å². The third-order valence-corrected chi connectivity index (χ3v) is 4.43. The molecule has 0 fully saturated rings. The highest BCUT2D eigenvalue weighted by Crippen LogP contribution is 2.34. The van der Waals surface area contributed by atoms with Crippen molar-refractivity contribution in [1.29, 1.82) is 0 Å². The van der Waals surface area contributed by atoms with Gasteiger partial charge in [-0.3, -0.25) is 0 Å². The Hall–Kier alpha value is -3.45. The number of nitrogens with zero attached hydrogens (tertiary/aromatic N) is 2. The Bertz CT molecular complexity index is 1160. The van der Waals surface area contributed by atoms with Crippen LogP contribution in [0.2, 0.25) is 5.02 Å². The van der Waals surface area contributed by atoms with Crippen LogP contribution < -0.4 is 20.1 Å². The summed E-state index contributed by atoms with van der Waals surface area (Å²) in [7, 11) is 0. The molecule has 0 aliphatic carbocycles. The molecule has 0 saturated heterocycles. The van der Waals surface area contributed by atoms with Crippen molar-refractivity contribution in [2.45, 2.75) is 19.1 Å². The Morgan fingerprint density at radius 3 is 2.31 bits per heavy atom. The van der Waals surface area contributed by atoms with Gasteiger partial charge in [0.15, 0.2) is 0 Å². The number of aliphatic hydroxyl groups is 1. The molecule has 0 aliphatic heterocycles. The molecule has 0 aliphatic rings. The average Bonchev–Trinajstić information content (AvgIpc) is 2.74. The van der Waals surface area contributed by atoms with Crippen molar-refractivity contribution in [2.75, 3.05) is 23.8 Å². The zero-order valence-corrected chi connectivity index (χ0v) is 18.3. The Morgan fingerprint density at radius 1 is 0.914 bits per heavy atom. The molecule has 0 unspecified atom stereocenters. The Morgan fingerprint density at radius 2 is 1.66 bits per heavy atom. The zero-order valence-electron chi connectivity index (χ0n) is 17.5. The van der Waals surface area contributed by atoms with Crippen LogP contribution >= 0.6 is 11.6 Å². The van der Waals surface area contributed by atoms with Gasteiger partial charge in [-0.15, -0.1) is 26.3 Å². The third kappa shape index (κ3) is 8.37. The van der Waals surface area contributed by atoms with E-state index < -0.39 is 24.2 Å². The van der Waals surface area contributed by atoms with Crippen LogP contribution in [0.25, 0.3) is 11.3 Å². The Balaban J connectivity index is 1.92. The molecule has 188 valence electrons. The summed E-state index contributed by atoms with van der Waals surface area (Å²) in [4.78, 5) is 8.51. The van der Waals surface area contributed by atoms with Crippen molar-refractivity contribution in [3.63, 3.8) is 0 Å². The van der Waals surface area contributed by atoms with Crippen LogP contribution in [0, 0.1) is 0 Å². The number of anilines is 3. The lowest BCUT2D eigenvalue weighted by Gasteiger charge is -2.14. The number of alkyl halides is 6. The van der Waals surface area contributed by atoms with Crippen LogP contribution in [0.1, 0.15) is 6.42 Å². The molecule has 3 N–H and O–H groups in total. The highest BCUT2D eigenvalue weighted by molar-refractivity contribution is 6.32. The van der Waals surface area contributed by atoms with Crippen molar-refractivity contribution in [2.24, 2.45) is 0 Å². The van der Waals surface area contributed by atoms with Gasteiger partial charge in [0.2, 0.25) is 5.95 Å². The van der Waals surface area contributed by atoms with Gasteiger partial charge in [0, 0.05) is 30.5 Å². The second-order valence-corrected chi connectivity index (χ2v) is 7.27. The first kappa shape index (κ1) is 26.2. The van der Waals surface area contributed by atoms with Crippen molar-refractivity contribution in [3.05, 3.63) is 53.6 Å². The first-order chi connectivity index (χ1) is 16.4. The van der Waals surface area contributed by atoms with Gasteiger partial charge in [0.05, 0.1) is 10.7 Å². The van der Waals surface area contributed by atoms with E-state index in [-0.39, 0.29) is 40.3 Å². The van der Waals surface area contributed by atoms with Crippen LogP contribution in [0.15, 0.2) is 48.5 Å². The largest absolute Gasteiger partial charge is 0.573 e. The molecule has 3 aromatic rings. The second kappa shape index (κ2) is 10.9. The third-order valence-electron chi connectivity index (χ3n) is 4.14. The molecule has 1 heterocycles. The number of hydrogen-bond acceptors (Lipinski definition) is 7. The summed E-state index contributed by atoms with van der Waals surface area (Å²) in [5.74, 6) is -0.807. The molecule has 0 atom stereocenters. The quantitative estimate of drug-likeness (QED) is 0.230. The van der Waals surface area contributed by atoms with Gasteiger partial charge in [0.1, 0.15) is 17.3 Å². The first-order valence-electron chi connectivity index (χ1n) is 9.84. The SMILES string of the molecule is OCCCNc1nc(Nc2ccc(OC(F)(F)F)c(Cl)c2)cc(-c2cccc(OC(F)(F)F)c2)n1. The van der Waals surface area contributed by atoms with E-state index in [1.165, 1.54) is 30.3 Å². The molecule has 0 radical (unpaired) electrons. The summed E-state index contributed by atoms with van der Waals surface area (Å²) in [6.07, 6.45) is -9.42. The fourth-order valence-electron chi connectivity index (χ4n) is 2.80. The van der Waals surface area contributed by atoms with E-state index in [4.69, 9.17) is 16.7 Å². The van der Waals surface area contributed by atoms with Crippen LogP contribution in [0.5, 0.6) is 11.5 Å². The van der Waals surface area contributed by atoms with Crippen LogP contribution in [-0.4, -0.2) is 41.0 Å². The smallest absolute Gasteiger partial charge is 0.406 e. The summed E-state index contributed by atoms with van der Waals surface area (Å²) in [5.41, 5.74) is 0.740. The normalized spacial score (nSPS) is 11.8. The number of halogens is 7. The lowest BCUT2D eigenvalue weighted by molar-refractivity contribution is -0.275. The van der Waals surface area contributed by atoms with Gasteiger partial charge in [-0.05, 0) is 36.8 Å². The van der Waals surface area contributed by atoms with Gasteiger partial charge < -0.3 is 25.2 Å². The van der Waals surface area contributed by atoms with Gasteiger partial charge in [-0.25, -0.2) is 4.98 Å². The van der Waals surface area contributed by atoms with Crippen LogP contribution in [-0.2, 0) is 0 Å². The molecule has 0 bridgehead atoms. The fraction of sp³-hybridized carbons (Fsp3) is 0.238. The maximum Gasteiger partial charge on any atom is 0.573 e. The molecular weight excluding hydrogens is 506 g/mol. The monoisotopic (exact) mass is 522 g/mol. The van der Waals surface area contributed by atoms with E-state index >= 15 is 0 Å². The maximum atomic E-state index is 12.6. The van der Waals surface area contributed by atoms with E-state index in [2.05, 4.69) is 30.1 Å². The molecule has 0 amide bonds. The number of ether oxygens (including phenoxy) is 2. The Kier molecular flexibility index (Phi) is 8.12. The number of nitrogens with one attached hydrogen (secondary N) is 2. The molecule has 14 heteroatoms. The van der Waals surface area contributed by atoms with Crippen LogP contribution in [0.4, 0.5) is 43.8 Å². The topological polar surface area (TPSA) is 88.5 Å². The summed E-state index contributed by atoms with van der Waals surface area (Å²) in [5, 5.41) is 14.4. The minimum absolute atomic E-state index is 0.0868. The predicted molar refractivity (Wildman–Crippen MR) is 116 cm³/mol. The van der Waals surface area contributed by atoms with E-state index in [1.807, 2.05) is 0 Å². The lowest BCUT2D eigenvalue weighted by Crippen LogP contribution is -2.17. The predicted octanol–water partition coefficient (Wildman–Crippen LogP) is 6.13. The molecule has 1 aromatic heterocycles. The van der Waals surface area contributed by atoms with Gasteiger partial charge in [-0.2, -0.15) is 4.98 Å². The average molecular weight is 523 g/mol. The van der Waals surface area contributed by atoms with Gasteiger partial charge in [-0.1, -0.05) is 23.7 Å². The minimum atomic E-state index is -4.92. The van der Waals surface area contributed by atoms with Crippen LogP contribution in [0.3, 0.4) is 0 Å². The number of benzene rings is 2. The zero-order chi connectivity index (χ0) is 25.6. The van der Waals surface area contributed by atoms with Crippen molar-refractivity contribution >= 4 is 29.1 Å². The summed E-state index contributed by atoms with van der Waals surface area (Å²) in [6, 6.07) is 10.0. The van der Waals surface area contributed by atoms with Crippen molar-refractivity contribution in [1.82, 2.24) is 9.97 Å². The second-order valence-electron chi connectivity index (χ2n) is 6.86. The van der Waals surface area contributed by atoms with E-state index in [9.17, 15) is 26.3 Å². The summed E-state index contributed by atoms with van der Waals surface area (Å²) >= 11 is 5.88. The maximum absolute atomic E-state index is 12.6. The summed E-state index contributed by atoms with van der Waals surface area (Å²) in [6.45, 7) is 0.200. The molecule has 3 rings (SSSR count). The number of hydrogen-bond donors (Lipinski definition) is 3. The van der Waals surface area contributed by atoms with Gasteiger partial charge in [0.25, 0.3) is 0 Å². The number of aliphatic hydroxyl groups excluding tert-OH is 1. The highest BCUT2D eigenvalue weighted by Gasteiger charge is 2.32. The lowest BCUT2D eigenvalue weighted by atomic mass is 10.1. The first-order valence-corrected chi connectivity index (χ1v) is 10.2. The molecule has 2 aromatic carbocycles. The minimum Gasteiger partial charge on any atom is -0.406 e. The summed E-state index contributed by atoms with van der Waals surface area (Å²) < 4.78 is 83.0. The van der Waals surface area contributed by atoms with E-state index in [0.29, 0.717) is 13.0 Å². The standard InChI is InChI=1S/C21H17ClF6N4O3/c22-15-10-13(5-6-17(15)35-21(26,27)28)30-18-11-16(31-19(32-18)29-7-2-8-33)12-3-1-4-14(9-12)34-20(23,24)25/h1,3-6,9-11,33H,2,7-8H2,(H2,29,30,31,32). The van der Waals surface area contributed by atoms with E-state index in [0.717, 1.165) is 18.2 Å². The number of rotatable bonds is 9. The molecule has 35 heavy (non-hydrogen) atoms. The molecule has 7 nitrogen and oxygen atoms in total. The van der Waals surface area contributed by atoms with Gasteiger partial charge >= 0.3 is 12.7 Å². The highest BCUT2D eigenvalue weighted by atomic mass is 35.5. The fourth-order valence-corrected chi connectivity index (χ4v) is 3.02. The van der Waals surface area contributed by atoms with Crippen molar-refractivity contribution < 1.29 is 40.9 Å². The molecule has 0 saturated carbocycles. The van der Waals surface area contributed by atoms with Crippen molar-refractivity contribution in [3.8, 4) is 22.8 Å².